The molecule has 5 fully saturated rings. The number of carbonyl (C=O) groups is 1. The average molecular weight is 473 g/mol. The minimum Gasteiger partial charge on any atom is -0.496 e. The van der Waals surface area contributed by atoms with Crippen LogP contribution in [0.1, 0.15) is 44.9 Å². The van der Waals surface area contributed by atoms with Gasteiger partial charge in [0.2, 0.25) is 5.91 Å². The van der Waals surface area contributed by atoms with Crippen LogP contribution in [0.5, 0.6) is 5.75 Å². The van der Waals surface area contributed by atoms with Crippen LogP contribution >= 0.6 is 12.2 Å². The highest BCUT2D eigenvalue weighted by atomic mass is 32.1. The maximum Gasteiger partial charge on any atom is 0.296 e. The van der Waals surface area contributed by atoms with E-state index in [-0.39, 0.29) is 21.9 Å². The summed E-state index contributed by atoms with van der Waals surface area (Å²) in [4.78, 5) is 28.1. The first-order chi connectivity index (χ1) is 15.8. The zero-order valence-corrected chi connectivity index (χ0v) is 19.9. The van der Waals surface area contributed by atoms with Crippen molar-refractivity contribution in [2.24, 2.45) is 23.2 Å². The van der Waals surface area contributed by atoms with E-state index in [4.69, 9.17) is 17.0 Å². The first-order valence-electron chi connectivity index (χ1n) is 12.0. The van der Waals surface area contributed by atoms with Gasteiger partial charge in [-0.1, -0.05) is 0 Å². The Bertz CT molecular complexity index is 924. The number of benzene rings is 1. The molecule has 1 aromatic carbocycles. The van der Waals surface area contributed by atoms with Crippen molar-refractivity contribution in [1.29, 1.82) is 0 Å². The minimum absolute atomic E-state index is 0.0363. The molecule has 0 radical (unpaired) electrons. The minimum atomic E-state index is -0.375. The fourth-order valence-corrected chi connectivity index (χ4v) is 7.58. The molecule has 1 aliphatic heterocycles. The normalized spacial score (nSPS) is 30.3. The summed E-state index contributed by atoms with van der Waals surface area (Å²) in [5, 5.41) is 15.0. The fourth-order valence-electron chi connectivity index (χ4n) is 7.28. The quantitative estimate of drug-likeness (QED) is 0.397. The average Bonchev–Trinajstić information content (AvgIpc) is 2.77. The number of nitrogens with zero attached hydrogens (tertiary/aromatic N) is 3. The Morgan fingerprint density at radius 3 is 2.30 bits per heavy atom. The van der Waals surface area contributed by atoms with Crippen molar-refractivity contribution in [1.82, 2.24) is 10.2 Å². The highest BCUT2D eigenvalue weighted by Crippen LogP contribution is 2.61. The van der Waals surface area contributed by atoms with Crippen LogP contribution in [0, 0.1) is 33.3 Å². The lowest BCUT2D eigenvalue weighted by atomic mass is 9.49. The molecule has 5 aliphatic rings. The van der Waals surface area contributed by atoms with Gasteiger partial charge in [0.05, 0.1) is 18.1 Å². The number of ether oxygens (including phenoxy) is 1. The molecule has 1 heterocycles. The topological polar surface area (TPSA) is 88.0 Å². The zero-order chi connectivity index (χ0) is 23.2. The maximum atomic E-state index is 12.9. The van der Waals surface area contributed by atoms with Gasteiger partial charge in [0.15, 0.2) is 5.11 Å². The van der Waals surface area contributed by atoms with Crippen molar-refractivity contribution in [2.75, 3.05) is 38.2 Å². The number of thiocarbonyl (C=S) groups is 1. The van der Waals surface area contributed by atoms with Crippen molar-refractivity contribution in [3.05, 3.63) is 28.3 Å². The predicted octanol–water partition coefficient (Wildman–Crippen LogP) is 3.73. The first kappa shape index (κ1) is 22.4. The van der Waals surface area contributed by atoms with E-state index in [0.29, 0.717) is 49.1 Å². The van der Waals surface area contributed by atoms with Gasteiger partial charge in [-0.2, -0.15) is 0 Å². The smallest absolute Gasteiger partial charge is 0.296 e. The number of amides is 1. The molecule has 0 unspecified atom stereocenters. The molecule has 1 aromatic rings. The van der Waals surface area contributed by atoms with Gasteiger partial charge in [-0.25, -0.2) is 0 Å². The third-order valence-electron chi connectivity index (χ3n) is 8.23. The zero-order valence-electron chi connectivity index (χ0n) is 19.1. The number of nitro benzene ring substituents is 1. The lowest BCUT2D eigenvalue weighted by molar-refractivity contribution is -0.384. The molecular formula is C24H32N4O4S. The molecule has 0 atom stereocenters. The largest absolute Gasteiger partial charge is 0.496 e. The van der Waals surface area contributed by atoms with Gasteiger partial charge < -0.3 is 19.9 Å². The molecule has 1 saturated heterocycles. The van der Waals surface area contributed by atoms with Gasteiger partial charge in [0.25, 0.3) is 5.69 Å². The predicted molar refractivity (Wildman–Crippen MR) is 129 cm³/mol. The molecule has 4 bridgehead atoms. The van der Waals surface area contributed by atoms with Crippen molar-refractivity contribution in [2.45, 2.75) is 44.9 Å². The van der Waals surface area contributed by atoms with Gasteiger partial charge in [-0.05, 0) is 86.0 Å². The maximum absolute atomic E-state index is 12.9. The van der Waals surface area contributed by atoms with Gasteiger partial charge in [-0.15, -0.1) is 0 Å². The number of hydrogen-bond donors (Lipinski definition) is 1. The molecule has 6 rings (SSSR count). The number of nitrogens with one attached hydrogen (secondary N) is 1. The van der Waals surface area contributed by atoms with E-state index >= 15 is 0 Å². The molecule has 0 aromatic heterocycles. The third kappa shape index (κ3) is 4.52. The molecule has 8 nitrogen and oxygen atoms in total. The number of hydrogen-bond acceptors (Lipinski definition) is 6. The van der Waals surface area contributed by atoms with E-state index in [1.165, 1.54) is 51.7 Å². The van der Waals surface area contributed by atoms with Gasteiger partial charge in [0.1, 0.15) is 11.4 Å². The Balaban J connectivity index is 1.15. The van der Waals surface area contributed by atoms with Crippen molar-refractivity contribution in [3.8, 4) is 5.75 Å². The molecule has 1 N–H and O–H groups in total. The standard InChI is InChI=1S/C24H32N4O4S/c1-32-19-2-3-20(21(11-19)28(30)31)26-4-6-27(7-5-26)23(33)25-22(29)15-24-12-16-8-17(13-24)10-18(9-16)14-24/h2-3,11,16-18H,4-10,12-15H2,1H3,(H,25,29,33). The summed E-state index contributed by atoms with van der Waals surface area (Å²) in [5.41, 5.74) is 0.812. The number of anilines is 1. The summed E-state index contributed by atoms with van der Waals surface area (Å²) >= 11 is 5.57. The molecule has 33 heavy (non-hydrogen) atoms. The van der Waals surface area contributed by atoms with Gasteiger partial charge >= 0.3 is 0 Å². The van der Waals surface area contributed by atoms with E-state index in [0.717, 1.165) is 17.8 Å². The van der Waals surface area contributed by atoms with Gasteiger partial charge in [0, 0.05) is 32.6 Å². The van der Waals surface area contributed by atoms with E-state index in [2.05, 4.69) is 5.32 Å². The van der Waals surface area contributed by atoms with Crippen LogP contribution in [-0.4, -0.2) is 54.1 Å². The van der Waals surface area contributed by atoms with E-state index in [1.54, 1.807) is 12.1 Å². The van der Waals surface area contributed by atoms with Crippen molar-refractivity contribution in [3.63, 3.8) is 0 Å². The highest BCUT2D eigenvalue weighted by Gasteiger charge is 2.51. The summed E-state index contributed by atoms with van der Waals surface area (Å²) in [6, 6.07) is 4.93. The van der Waals surface area contributed by atoms with Gasteiger partial charge in [-0.3, -0.25) is 14.9 Å². The van der Waals surface area contributed by atoms with E-state index in [1.807, 2.05) is 9.80 Å². The van der Waals surface area contributed by atoms with Crippen LogP contribution in [0.15, 0.2) is 18.2 Å². The third-order valence-corrected chi connectivity index (χ3v) is 8.59. The second kappa shape index (κ2) is 8.74. The van der Waals surface area contributed by atoms with Crippen LogP contribution in [-0.2, 0) is 4.79 Å². The number of carbonyl (C=O) groups excluding carboxylic acids is 1. The Labute approximate surface area is 199 Å². The Kier molecular flexibility index (Phi) is 5.93. The molecule has 4 saturated carbocycles. The summed E-state index contributed by atoms with van der Waals surface area (Å²) in [7, 11) is 1.50. The molecular weight excluding hydrogens is 440 g/mol. The number of nitro groups is 1. The summed E-state index contributed by atoms with van der Waals surface area (Å²) in [6.07, 6.45) is 8.33. The Hall–Kier alpha value is -2.42. The van der Waals surface area contributed by atoms with Crippen molar-refractivity contribution >= 4 is 34.6 Å². The van der Waals surface area contributed by atoms with Crippen LogP contribution in [0.25, 0.3) is 0 Å². The molecule has 0 spiro atoms. The first-order valence-corrected chi connectivity index (χ1v) is 12.4. The fraction of sp³-hybridized carbons (Fsp3) is 0.667. The van der Waals surface area contributed by atoms with Crippen molar-refractivity contribution < 1.29 is 14.5 Å². The van der Waals surface area contributed by atoms with E-state index < -0.39 is 0 Å². The van der Waals surface area contributed by atoms with Crippen LogP contribution in [0.3, 0.4) is 0 Å². The van der Waals surface area contributed by atoms with Crippen LogP contribution < -0.4 is 15.0 Å². The molecule has 9 heteroatoms. The molecule has 1 amide bonds. The SMILES string of the molecule is COc1ccc(N2CCN(C(=S)NC(=O)CC34CC5CC(CC(C5)C3)C4)CC2)c([N+](=O)[O-])c1. The second-order valence-electron chi connectivity index (χ2n) is 10.5. The summed E-state index contributed by atoms with van der Waals surface area (Å²) in [6.45, 7) is 2.41. The molecule has 178 valence electrons. The van der Waals surface area contributed by atoms with Crippen LogP contribution in [0.2, 0.25) is 0 Å². The number of piperazine rings is 1. The second-order valence-corrected chi connectivity index (χ2v) is 10.9. The number of methoxy groups -OCH3 is 1. The lowest BCUT2D eigenvalue weighted by Gasteiger charge is -2.56. The summed E-state index contributed by atoms with van der Waals surface area (Å²) < 4.78 is 5.13. The Morgan fingerprint density at radius 1 is 1.15 bits per heavy atom. The molecule has 4 aliphatic carbocycles. The summed E-state index contributed by atoms with van der Waals surface area (Å²) in [5.74, 6) is 2.99. The highest BCUT2D eigenvalue weighted by molar-refractivity contribution is 7.80. The van der Waals surface area contributed by atoms with E-state index in [9.17, 15) is 14.9 Å². The Morgan fingerprint density at radius 2 is 1.76 bits per heavy atom. The monoisotopic (exact) mass is 472 g/mol. The van der Waals surface area contributed by atoms with Crippen LogP contribution in [0.4, 0.5) is 11.4 Å². The number of rotatable bonds is 5. The lowest BCUT2D eigenvalue weighted by Crippen LogP contribution is -2.54.